The van der Waals surface area contributed by atoms with Crippen LogP contribution in [0.4, 0.5) is 0 Å². The van der Waals surface area contributed by atoms with Crippen LogP contribution in [0.1, 0.15) is 0 Å². The predicted molar refractivity (Wildman–Crippen MR) is 47.1 cm³/mol. The standard InChI is InChI=1S/C12H10O2/c13-11-3-1-2-4(12(11)14)6-5(3)7-9-8(6)10(7)9/h1-10H/t3-,4+,5-,6+,7?,8?,9?,10?. The molecule has 0 amide bonds. The summed E-state index contributed by atoms with van der Waals surface area (Å²) in [5.74, 6) is 4.55. The zero-order valence-corrected chi connectivity index (χ0v) is 7.59. The number of allylic oxidation sites excluding steroid dienone is 2. The fraction of sp³-hybridized carbons (Fsp3) is 0.667. The van der Waals surface area contributed by atoms with Gasteiger partial charge in [-0.15, -0.1) is 0 Å². The van der Waals surface area contributed by atoms with Gasteiger partial charge in [-0.3, -0.25) is 9.59 Å². The molecule has 5 saturated carbocycles. The fourth-order valence-electron chi connectivity index (χ4n) is 4.98. The third-order valence-electron chi connectivity index (χ3n) is 5.48. The summed E-state index contributed by atoms with van der Waals surface area (Å²) in [6.07, 6.45) is 4.05. The second-order valence-electron chi connectivity index (χ2n) is 5.63. The lowest BCUT2D eigenvalue weighted by Gasteiger charge is -2.38. The van der Waals surface area contributed by atoms with E-state index in [0.29, 0.717) is 11.8 Å². The van der Waals surface area contributed by atoms with Crippen molar-refractivity contribution in [3.63, 3.8) is 0 Å². The minimum absolute atomic E-state index is 0.0116. The Morgan fingerprint density at radius 2 is 1.00 bits per heavy atom. The molecule has 2 unspecified atom stereocenters. The quantitative estimate of drug-likeness (QED) is 0.412. The van der Waals surface area contributed by atoms with Crippen LogP contribution in [0.3, 0.4) is 0 Å². The van der Waals surface area contributed by atoms with E-state index in [1.165, 1.54) is 0 Å². The van der Waals surface area contributed by atoms with E-state index in [0.717, 1.165) is 23.7 Å². The third kappa shape index (κ3) is 0.415. The molecule has 6 atom stereocenters. The molecule has 4 bridgehead atoms. The molecule has 0 aromatic carbocycles. The monoisotopic (exact) mass is 186 g/mol. The average Bonchev–Trinajstić information content (AvgIpc) is 3.01. The van der Waals surface area contributed by atoms with Crippen molar-refractivity contribution >= 4 is 11.6 Å². The van der Waals surface area contributed by atoms with Crippen molar-refractivity contribution in [3.05, 3.63) is 12.2 Å². The molecular formula is C12H10O2. The van der Waals surface area contributed by atoms with Crippen LogP contribution in [-0.2, 0) is 9.59 Å². The van der Waals surface area contributed by atoms with Crippen LogP contribution >= 0.6 is 0 Å². The Labute approximate surface area is 81.4 Å². The number of Topliss-reactive ketones (excluding diaryl/α,β-unsaturated/α-hetero) is 2. The molecule has 7 aliphatic carbocycles. The van der Waals surface area contributed by atoms with Crippen molar-refractivity contribution in [1.82, 2.24) is 0 Å². The Bertz CT molecular complexity index is 388. The van der Waals surface area contributed by atoms with Crippen LogP contribution in [0.5, 0.6) is 0 Å². The summed E-state index contributed by atoms with van der Waals surface area (Å²) < 4.78 is 0. The van der Waals surface area contributed by atoms with E-state index in [1.807, 2.05) is 12.2 Å². The zero-order chi connectivity index (χ0) is 9.19. The van der Waals surface area contributed by atoms with Gasteiger partial charge in [0, 0.05) is 11.8 Å². The predicted octanol–water partition coefficient (Wildman–Crippen LogP) is 0.678. The maximum atomic E-state index is 11.7. The number of hydrogen-bond donors (Lipinski definition) is 0. The summed E-state index contributed by atoms with van der Waals surface area (Å²) in [5.41, 5.74) is 0. The molecule has 0 heterocycles. The van der Waals surface area contributed by atoms with E-state index in [4.69, 9.17) is 0 Å². The maximum absolute atomic E-state index is 11.7. The summed E-state index contributed by atoms with van der Waals surface area (Å²) in [6, 6.07) is 0. The molecule has 7 aliphatic rings. The Kier molecular flexibility index (Phi) is 0.718. The van der Waals surface area contributed by atoms with Gasteiger partial charge in [-0.1, -0.05) is 12.2 Å². The van der Waals surface area contributed by atoms with Crippen LogP contribution < -0.4 is 0 Å². The average molecular weight is 186 g/mol. The van der Waals surface area contributed by atoms with Crippen LogP contribution in [0.15, 0.2) is 12.2 Å². The number of fused-ring (bicyclic) bond motifs is 1. The molecule has 0 spiro atoms. The minimum Gasteiger partial charge on any atom is -0.290 e. The second-order valence-corrected chi connectivity index (χ2v) is 5.63. The smallest absolute Gasteiger partial charge is 0.206 e. The highest BCUT2D eigenvalue weighted by Crippen LogP contribution is 2.88. The van der Waals surface area contributed by atoms with Gasteiger partial charge < -0.3 is 0 Å². The third-order valence-corrected chi connectivity index (χ3v) is 5.48. The lowest BCUT2D eigenvalue weighted by atomic mass is 9.62. The Morgan fingerprint density at radius 1 is 0.643 bits per heavy atom. The van der Waals surface area contributed by atoms with Gasteiger partial charge >= 0.3 is 0 Å². The lowest BCUT2D eigenvalue weighted by Crippen LogP contribution is -2.47. The normalized spacial score (nSPS) is 69.4. The highest BCUT2D eigenvalue weighted by atomic mass is 16.2. The molecule has 0 aliphatic heterocycles. The van der Waals surface area contributed by atoms with Gasteiger partial charge in [0.2, 0.25) is 11.6 Å². The number of rotatable bonds is 0. The van der Waals surface area contributed by atoms with Crippen LogP contribution in [0.25, 0.3) is 0 Å². The number of carbonyl (C=O) groups is 2. The summed E-state index contributed by atoms with van der Waals surface area (Å²) >= 11 is 0. The van der Waals surface area contributed by atoms with Gasteiger partial charge in [0.1, 0.15) is 0 Å². The maximum Gasteiger partial charge on any atom is 0.206 e. The Balaban J connectivity index is 1.75. The van der Waals surface area contributed by atoms with E-state index in [1.54, 1.807) is 0 Å². The number of ketones is 2. The van der Waals surface area contributed by atoms with Crippen molar-refractivity contribution in [2.75, 3.05) is 0 Å². The largest absolute Gasteiger partial charge is 0.290 e. The summed E-state index contributed by atoms with van der Waals surface area (Å²) in [5, 5.41) is 0. The van der Waals surface area contributed by atoms with Crippen molar-refractivity contribution in [1.29, 1.82) is 0 Å². The Hall–Kier alpha value is -0.920. The van der Waals surface area contributed by atoms with Crippen LogP contribution in [-0.4, -0.2) is 11.6 Å². The molecule has 0 radical (unpaired) electrons. The molecule has 70 valence electrons. The number of hydrogen-bond acceptors (Lipinski definition) is 2. The van der Waals surface area contributed by atoms with Crippen molar-refractivity contribution in [2.24, 2.45) is 47.3 Å². The van der Waals surface area contributed by atoms with Crippen molar-refractivity contribution < 1.29 is 9.59 Å². The molecule has 0 aromatic rings. The van der Waals surface area contributed by atoms with Crippen molar-refractivity contribution in [2.45, 2.75) is 0 Å². The minimum atomic E-state index is -0.0781. The molecule has 0 aromatic heterocycles. The van der Waals surface area contributed by atoms with Gasteiger partial charge in [0.15, 0.2) is 0 Å². The fourth-order valence-corrected chi connectivity index (χ4v) is 4.98. The van der Waals surface area contributed by atoms with E-state index in [2.05, 4.69) is 0 Å². The van der Waals surface area contributed by atoms with E-state index in [9.17, 15) is 9.59 Å². The van der Waals surface area contributed by atoms with Crippen LogP contribution in [0, 0.1) is 47.3 Å². The first-order valence-corrected chi connectivity index (χ1v) is 5.57. The second kappa shape index (κ2) is 1.54. The molecule has 0 N–H and O–H groups in total. The molecular weight excluding hydrogens is 176 g/mol. The van der Waals surface area contributed by atoms with Crippen molar-refractivity contribution in [3.8, 4) is 0 Å². The molecule has 14 heavy (non-hydrogen) atoms. The molecule has 2 heteroatoms. The van der Waals surface area contributed by atoms with E-state index < -0.39 is 0 Å². The highest BCUT2D eigenvalue weighted by Gasteiger charge is 2.87. The summed E-state index contributed by atoms with van der Waals surface area (Å²) in [7, 11) is 0. The first-order valence-electron chi connectivity index (χ1n) is 5.57. The number of carbonyl (C=O) groups excluding carboxylic acids is 2. The molecule has 5 fully saturated rings. The summed E-state index contributed by atoms with van der Waals surface area (Å²) in [4.78, 5) is 23.4. The zero-order valence-electron chi connectivity index (χ0n) is 7.59. The first kappa shape index (κ1) is 6.54. The van der Waals surface area contributed by atoms with Gasteiger partial charge in [-0.2, -0.15) is 0 Å². The molecule has 0 saturated heterocycles. The highest BCUT2D eigenvalue weighted by molar-refractivity contribution is 6.41. The molecule has 2 nitrogen and oxygen atoms in total. The van der Waals surface area contributed by atoms with E-state index in [-0.39, 0.29) is 23.4 Å². The Morgan fingerprint density at radius 3 is 1.43 bits per heavy atom. The molecule has 7 rings (SSSR count). The van der Waals surface area contributed by atoms with Gasteiger partial charge in [0.25, 0.3) is 0 Å². The SMILES string of the molecule is O=C1C(=O)[C@@H]2C=C[C@H]1[C@@H]1C3C4C3C4[C@@H]12. The summed E-state index contributed by atoms with van der Waals surface area (Å²) in [6.45, 7) is 0. The first-order chi connectivity index (χ1) is 6.80. The lowest BCUT2D eigenvalue weighted by molar-refractivity contribution is -0.146. The van der Waals surface area contributed by atoms with Gasteiger partial charge in [0.05, 0.1) is 0 Å². The topological polar surface area (TPSA) is 34.1 Å². The van der Waals surface area contributed by atoms with Crippen LogP contribution in [0.2, 0.25) is 0 Å². The van der Waals surface area contributed by atoms with E-state index >= 15 is 0 Å². The van der Waals surface area contributed by atoms with Gasteiger partial charge in [-0.25, -0.2) is 0 Å². The van der Waals surface area contributed by atoms with Gasteiger partial charge in [-0.05, 0) is 35.5 Å².